The van der Waals surface area contributed by atoms with Crippen LogP contribution in [0.4, 0.5) is 0 Å². The van der Waals surface area contributed by atoms with E-state index in [4.69, 9.17) is 4.74 Å². The molecule has 0 unspecified atom stereocenters. The van der Waals surface area contributed by atoms with E-state index in [0.717, 1.165) is 10.7 Å². The van der Waals surface area contributed by atoms with Gasteiger partial charge in [-0.25, -0.2) is 0 Å². The molecule has 0 spiro atoms. The molecule has 0 aromatic heterocycles. The average Bonchev–Trinajstić information content (AvgIpc) is 2.18. The van der Waals surface area contributed by atoms with Crippen LogP contribution in [0.2, 0.25) is 0 Å². The second-order valence-electron chi connectivity index (χ2n) is 2.72. The van der Waals surface area contributed by atoms with E-state index in [0.29, 0.717) is 17.9 Å². The molecule has 0 radical (unpaired) electrons. The number of ether oxygens (including phenoxy) is 1. The summed E-state index contributed by atoms with van der Waals surface area (Å²) in [4.78, 5) is 9.69. The quantitative estimate of drug-likeness (QED) is 0.625. The Morgan fingerprint density at radius 2 is 2.33 bits per heavy atom. The van der Waals surface area contributed by atoms with Crippen molar-refractivity contribution in [1.82, 2.24) is 0 Å². The summed E-state index contributed by atoms with van der Waals surface area (Å²) in [5.41, 5.74) is 0.683. The van der Waals surface area contributed by atoms with Gasteiger partial charge in [0.2, 0.25) is 6.20 Å². The molecule has 4 nitrogen and oxygen atoms in total. The van der Waals surface area contributed by atoms with E-state index in [1.807, 2.05) is 13.0 Å². The van der Waals surface area contributed by atoms with E-state index in [1.165, 1.54) is 6.08 Å². The van der Waals surface area contributed by atoms with Gasteiger partial charge in [-0.2, -0.15) is 0 Å². The van der Waals surface area contributed by atoms with Crippen molar-refractivity contribution in [3.05, 3.63) is 44.5 Å². The molecule has 1 rings (SSSR count). The zero-order valence-corrected chi connectivity index (χ0v) is 9.73. The minimum Gasteiger partial charge on any atom is -0.493 e. The zero-order valence-electron chi connectivity index (χ0n) is 8.14. The van der Waals surface area contributed by atoms with Crippen LogP contribution in [-0.2, 0) is 0 Å². The number of benzene rings is 1. The molecule has 0 saturated carbocycles. The maximum absolute atomic E-state index is 10.2. The molecule has 0 fully saturated rings. The molecule has 0 aliphatic heterocycles. The molecule has 1 aromatic rings. The maximum Gasteiger partial charge on any atom is 0.235 e. The Morgan fingerprint density at radius 3 is 2.93 bits per heavy atom. The summed E-state index contributed by atoms with van der Waals surface area (Å²) in [5.74, 6) is 0.638. The summed E-state index contributed by atoms with van der Waals surface area (Å²) in [6, 6.07) is 5.37. The number of halogens is 1. The highest BCUT2D eigenvalue weighted by Gasteiger charge is 2.02. The summed E-state index contributed by atoms with van der Waals surface area (Å²) >= 11 is 3.30. The Hall–Kier alpha value is -1.36. The number of nitro groups is 1. The second kappa shape index (κ2) is 5.50. The lowest BCUT2D eigenvalue weighted by Gasteiger charge is -2.06. The summed E-state index contributed by atoms with van der Waals surface area (Å²) in [5, 5.41) is 10.2. The van der Waals surface area contributed by atoms with E-state index < -0.39 is 4.92 Å². The number of rotatable bonds is 4. The monoisotopic (exact) mass is 271 g/mol. The van der Waals surface area contributed by atoms with Crippen molar-refractivity contribution < 1.29 is 9.66 Å². The van der Waals surface area contributed by atoms with Crippen LogP contribution in [0, 0.1) is 10.1 Å². The molecule has 0 amide bonds. The Morgan fingerprint density at radius 1 is 1.60 bits per heavy atom. The van der Waals surface area contributed by atoms with Crippen molar-refractivity contribution in [1.29, 1.82) is 0 Å². The van der Waals surface area contributed by atoms with Crippen LogP contribution in [0.15, 0.2) is 28.9 Å². The molecule has 0 atom stereocenters. The van der Waals surface area contributed by atoms with Gasteiger partial charge in [0, 0.05) is 16.1 Å². The Balaban J connectivity index is 3.01. The highest BCUT2D eigenvalue weighted by atomic mass is 79.9. The minimum absolute atomic E-state index is 0.503. The summed E-state index contributed by atoms with van der Waals surface area (Å²) in [7, 11) is 0. The van der Waals surface area contributed by atoms with Crippen LogP contribution in [0.3, 0.4) is 0 Å². The molecular formula is C10H10BrNO3. The van der Waals surface area contributed by atoms with Crippen LogP contribution in [-0.4, -0.2) is 11.5 Å². The van der Waals surface area contributed by atoms with Gasteiger partial charge in [0.15, 0.2) is 0 Å². The van der Waals surface area contributed by atoms with Crippen molar-refractivity contribution in [2.75, 3.05) is 6.61 Å². The van der Waals surface area contributed by atoms with Gasteiger partial charge in [-0.15, -0.1) is 0 Å². The standard InChI is InChI=1S/C10H10BrNO3/c1-2-15-10-4-3-9(11)7-8(10)5-6-12(13)14/h3-7H,2H2,1H3/b6-5+. The zero-order chi connectivity index (χ0) is 11.3. The molecule has 0 aliphatic rings. The molecule has 0 N–H and O–H groups in total. The van der Waals surface area contributed by atoms with Crippen LogP contribution >= 0.6 is 15.9 Å². The lowest BCUT2D eigenvalue weighted by Crippen LogP contribution is -1.94. The summed E-state index contributed by atoms with van der Waals surface area (Å²) < 4.78 is 6.19. The normalized spacial score (nSPS) is 10.5. The van der Waals surface area contributed by atoms with Gasteiger partial charge >= 0.3 is 0 Å². The first-order chi connectivity index (χ1) is 7.13. The number of nitrogens with zero attached hydrogens (tertiary/aromatic N) is 1. The molecule has 0 heterocycles. The van der Waals surface area contributed by atoms with Crippen LogP contribution in [0.5, 0.6) is 5.75 Å². The Bertz CT molecular complexity index is 390. The van der Waals surface area contributed by atoms with Crippen molar-refractivity contribution in [2.24, 2.45) is 0 Å². The maximum atomic E-state index is 10.2. The predicted molar refractivity (Wildman–Crippen MR) is 61.3 cm³/mol. The molecule has 1 aromatic carbocycles. The Labute approximate surface area is 95.8 Å². The van der Waals surface area contributed by atoms with Crippen molar-refractivity contribution >= 4 is 22.0 Å². The third-order valence-electron chi connectivity index (χ3n) is 1.65. The number of hydrogen-bond acceptors (Lipinski definition) is 3. The van der Waals surface area contributed by atoms with Crippen LogP contribution in [0.25, 0.3) is 6.08 Å². The van der Waals surface area contributed by atoms with Crippen LogP contribution in [0.1, 0.15) is 12.5 Å². The first-order valence-corrected chi connectivity index (χ1v) is 5.17. The minimum atomic E-state index is -0.503. The molecule has 0 saturated heterocycles. The van der Waals surface area contributed by atoms with Crippen molar-refractivity contribution in [3.8, 4) is 5.75 Å². The van der Waals surface area contributed by atoms with Gasteiger partial charge < -0.3 is 4.74 Å². The molecule has 15 heavy (non-hydrogen) atoms. The van der Waals surface area contributed by atoms with E-state index in [9.17, 15) is 10.1 Å². The van der Waals surface area contributed by atoms with E-state index in [-0.39, 0.29) is 0 Å². The highest BCUT2D eigenvalue weighted by molar-refractivity contribution is 9.10. The fraction of sp³-hybridized carbons (Fsp3) is 0.200. The molecule has 80 valence electrons. The molecule has 0 bridgehead atoms. The summed E-state index contributed by atoms with van der Waals surface area (Å²) in [6.07, 6.45) is 2.31. The average molecular weight is 272 g/mol. The Kier molecular flexibility index (Phi) is 4.30. The van der Waals surface area contributed by atoms with Crippen molar-refractivity contribution in [3.63, 3.8) is 0 Å². The van der Waals surface area contributed by atoms with E-state index >= 15 is 0 Å². The van der Waals surface area contributed by atoms with Gasteiger partial charge in [-0.1, -0.05) is 15.9 Å². The fourth-order valence-corrected chi connectivity index (χ4v) is 1.46. The lowest BCUT2D eigenvalue weighted by atomic mass is 10.2. The van der Waals surface area contributed by atoms with Gasteiger partial charge in [0.05, 0.1) is 11.5 Å². The number of hydrogen-bond donors (Lipinski definition) is 0. The third-order valence-corrected chi connectivity index (χ3v) is 2.14. The summed E-state index contributed by atoms with van der Waals surface area (Å²) in [6.45, 7) is 2.39. The molecule has 0 aliphatic carbocycles. The van der Waals surface area contributed by atoms with Gasteiger partial charge in [0.25, 0.3) is 0 Å². The predicted octanol–water partition coefficient (Wildman–Crippen LogP) is 3.10. The third kappa shape index (κ3) is 3.71. The first-order valence-electron chi connectivity index (χ1n) is 4.37. The van der Waals surface area contributed by atoms with Gasteiger partial charge in [0.1, 0.15) is 5.75 Å². The molecular weight excluding hydrogens is 262 g/mol. The second-order valence-corrected chi connectivity index (χ2v) is 3.63. The van der Waals surface area contributed by atoms with E-state index in [1.54, 1.807) is 12.1 Å². The van der Waals surface area contributed by atoms with Crippen molar-refractivity contribution in [2.45, 2.75) is 6.92 Å². The first kappa shape index (κ1) is 11.7. The molecule has 5 heteroatoms. The van der Waals surface area contributed by atoms with E-state index in [2.05, 4.69) is 15.9 Å². The highest BCUT2D eigenvalue weighted by Crippen LogP contribution is 2.24. The van der Waals surface area contributed by atoms with Crippen LogP contribution < -0.4 is 4.74 Å². The van der Waals surface area contributed by atoms with Gasteiger partial charge in [-0.3, -0.25) is 10.1 Å². The lowest BCUT2D eigenvalue weighted by molar-refractivity contribution is -0.400. The topological polar surface area (TPSA) is 52.4 Å². The largest absolute Gasteiger partial charge is 0.493 e. The van der Waals surface area contributed by atoms with Gasteiger partial charge in [-0.05, 0) is 25.1 Å². The SMILES string of the molecule is CCOc1ccc(Br)cc1/C=C/[N+](=O)[O-]. The smallest absolute Gasteiger partial charge is 0.235 e. The fourth-order valence-electron chi connectivity index (χ4n) is 1.08.